The second-order valence-electron chi connectivity index (χ2n) is 7.69. The summed E-state index contributed by atoms with van der Waals surface area (Å²) in [7, 11) is 7.72. The van der Waals surface area contributed by atoms with Gasteiger partial charge in [0, 0.05) is 38.5 Å². The van der Waals surface area contributed by atoms with E-state index >= 15 is 0 Å². The van der Waals surface area contributed by atoms with Gasteiger partial charge in [0.25, 0.3) is 0 Å². The van der Waals surface area contributed by atoms with Crippen LogP contribution in [0.15, 0.2) is 48.7 Å². The monoisotopic (exact) mass is 433 g/mol. The van der Waals surface area contributed by atoms with Gasteiger partial charge in [-0.15, -0.1) is 5.10 Å². The minimum absolute atomic E-state index is 0.397. The van der Waals surface area contributed by atoms with Gasteiger partial charge in [0.15, 0.2) is 5.82 Å². The molecule has 32 heavy (non-hydrogen) atoms. The Balaban J connectivity index is 1.61. The van der Waals surface area contributed by atoms with Crippen LogP contribution >= 0.6 is 0 Å². The zero-order valence-electron chi connectivity index (χ0n) is 18.6. The number of aromatic nitrogens is 5. The number of nitrogen functional groups attached to an aromatic ring is 1. The molecule has 2 aromatic carbocycles. The fraction of sp³-hybridized carbons (Fsp3) is 0.273. The summed E-state index contributed by atoms with van der Waals surface area (Å²) in [6.45, 7) is 1.75. The third-order valence-electron chi connectivity index (χ3n) is 5.10. The van der Waals surface area contributed by atoms with Crippen molar-refractivity contribution < 1.29 is 4.74 Å². The zero-order valence-corrected chi connectivity index (χ0v) is 18.6. The largest absolute Gasteiger partial charge is 0.494 e. The molecule has 0 aliphatic rings. The molecule has 0 saturated carbocycles. The van der Waals surface area contributed by atoms with Crippen LogP contribution < -0.4 is 20.7 Å². The molecule has 0 spiro atoms. The van der Waals surface area contributed by atoms with E-state index in [2.05, 4.69) is 35.4 Å². The fourth-order valence-corrected chi connectivity index (χ4v) is 3.34. The highest BCUT2D eigenvalue weighted by molar-refractivity contribution is 5.79. The first-order valence-corrected chi connectivity index (χ1v) is 10.2. The Kier molecular flexibility index (Phi) is 6.04. The zero-order chi connectivity index (χ0) is 22.7. The highest BCUT2D eigenvalue weighted by Crippen LogP contribution is 2.36. The summed E-state index contributed by atoms with van der Waals surface area (Å²) in [6.07, 6.45) is 1.67. The molecule has 0 aliphatic carbocycles. The molecule has 0 saturated heterocycles. The van der Waals surface area contributed by atoms with Crippen molar-refractivity contribution in [3.8, 4) is 11.6 Å². The van der Waals surface area contributed by atoms with Gasteiger partial charge in [0.05, 0.1) is 29.7 Å². The Morgan fingerprint density at radius 3 is 2.69 bits per heavy atom. The van der Waals surface area contributed by atoms with Gasteiger partial charge in [0.2, 0.25) is 5.95 Å². The average molecular weight is 434 g/mol. The van der Waals surface area contributed by atoms with Gasteiger partial charge in [-0.05, 0) is 32.3 Å². The molecule has 0 unspecified atom stereocenters. The van der Waals surface area contributed by atoms with E-state index in [0.717, 1.165) is 29.8 Å². The van der Waals surface area contributed by atoms with E-state index < -0.39 is 0 Å². The molecule has 0 radical (unpaired) electrons. The van der Waals surface area contributed by atoms with Crippen LogP contribution in [0.25, 0.3) is 16.9 Å². The van der Waals surface area contributed by atoms with Crippen LogP contribution in [0.1, 0.15) is 0 Å². The lowest BCUT2D eigenvalue weighted by Gasteiger charge is -2.24. The molecule has 0 fully saturated rings. The Morgan fingerprint density at radius 2 is 1.91 bits per heavy atom. The number of fused-ring (bicyclic) bond motifs is 1. The second-order valence-corrected chi connectivity index (χ2v) is 7.69. The van der Waals surface area contributed by atoms with Crippen LogP contribution in [-0.4, -0.2) is 71.2 Å². The molecular weight excluding hydrogens is 406 g/mol. The Hall–Kier alpha value is -3.92. The predicted octanol–water partition coefficient (Wildman–Crippen LogP) is 2.54. The van der Waals surface area contributed by atoms with Gasteiger partial charge < -0.3 is 25.6 Å². The number of nitrogens with two attached hydrogens (primary N) is 1. The van der Waals surface area contributed by atoms with Crippen LogP contribution in [0.5, 0.6) is 5.75 Å². The maximum atomic E-state index is 6.36. The van der Waals surface area contributed by atoms with Crippen molar-refractivity contribution in [1.82, 2.24) is 29.9 Å². The molecule has 0 bridgehead atoms. The summed E-state index contributed by atoms with van der Waals surface area (Å²) in [5.41, 5.74) is 10.2. The molecule has 2 heterocycles. The molecular formula is C22H27N9O. The van der Waals surface area contributed by atoms with E-state index in [1.165, 1.54) is 0 Å². The first-order valence-electron chi connectivity index (χ1n) is 10.2. The third-order valence-corrected chi connectivity index (χ3v) is 5.10. The average Bonchev–Trinajstić information content (AvgIpc) is 3.22. The lowest BCUT2D eigenvalue weighted by atomic mass is 10.2. The van der Waals surface area contributed by atoms with E-state index in [9.17, 15) is 0 Å². The SMILES string of the molecule is COc1cc(N(C)CCN(C)C)c(N)cc1Nc1nccc(-n2nnc3ccccc32)n1. The van der Waals surface area contributed by atoms with E-state index in [1.54, 1.807) is 24.1 Å². The molecule has 0 amide bonds. The fourth-order valence-electron chi connectivity index (χ4n) is 3.34. The van der Waals surface area contributed by atoms with E-state index in [4.69, 9.17) is 10.5 Å². The van der Waals surface area contributed by atoms with Crippen molar-refractivity contribution in [1.29, 1.82) is 0 Å². The quantitative estimate of drug-likeness (QED) is 0.405. The molecule has 0 atom stereocenters. The molecule has 2 aromatic heterocycles. The van der Waals surface area contributed by atoms with Crippen LogP contribution in [-0.2, 0) is 0 Å². The maximum Gasteiger partial charge on any atom is 0.229 e. The van der Waals surface area contributed by atoms with Gasteiger partial charge in [-0.3, -0.25) is 0 Å². The van der Waals surface area contributed by atoms with Crippen molar-refractivity contribution in [3.63, 3.8) is 0 Å². The topological polar surface area (TPSA) is 110 Å². The lowest BCUT2D eigenvalue weighted by molar-refractivity contribution is 0.413. The van der Waals surface area contributed by atoms with E-state index in [1.807, 2.05) is 57.5 Å². The number of anilines is 4. The van der Waals surface area contributed by atoms with Crippen LogP contribution in [0.3, 0.4) is 0 Å². The summed E-state index contributed by atoms with van der Waals surface area (Å²) in [6, 6.07) is 13.2. The van der Waals surface area contributed by atoms with Crippen LogP contribution in [0.2, 0.25) is 0 Å². The number of ether oxygens (including phenoxy) is 1. The van der Waals surface area contributed by atoms with Gasteiger partial charge >= 0.3 is 0 Å². The molecule has 10 nitrogen and oxygen atoms in total. The highest BCUT2D eigenvalue weighted by Gasteiger charge is 2.14. The molecule has 3 N–H and O–H groups in total. The summed E-state index contributed by atoms with van der Waals surface area (Å²) < 4.78 is 7.29. The Bertz CT molecular complexity index is 1220. The predicted molar refractivity (Wildman–Crippen MR) is 127 cm³/mol. The minimum Gasteiger partial charge on any atom is -0.494 e. The standard InChI is InChI=1S/C22H27N9O/c1-29(2)11-12-30(3)19-14-20(32-4)17(13-15(19)23)25-22-24-10-9-21(26-22)31-18-8-6-5-7-16(18)27-28-31/h5-10,13-14H,11-12,23H2,1-4H3,(H,24,25,26). The Morgan fingerprint density at radius 1 is 1.09 bits per heavy atom. The van der Waals surface area contributed by atoms with Crippen LogP contribution in [0.4, 0.5) is 23.0 Å². The van der Waals surface area contributed by atoms with Gasteiger partial charge in [-0.25, -0.2) is 4.98 Å². The van der Waals surface area contributed by atoms with Crippen molar-refractivity contribution in [2.75, 3.05) is 57.3 Å². The summed E-state index contributed by atoms with van der Waals surface area (Å²) >= 11 is 0. The summed E-state index contributed by atoms with van der Waals surface area (Å²) in [5, 5.41) is 11.6. The van der Waals surface area contributed by atoms with Crippen molar-refractivity contribution in [3.05, 3.63) is 48.7 Å². The smallest absolute Gasteiger partial charge is 0.229 e. The van der Waals surface area contributed by atoms with E-state index in [0.29, 0.717) is 28.9 Å². The minimum atomic E-state index is 0.397. The number of methoxy groups -OCH3 is 1. The van der Waals surface area contributed by atoms with Crippen molar-refractivity contribution in [2.24, 2.45) is 0 Å². The van der Waals surface area contributed by atoms with E-state index in [-0.39, 0.29) is 0 Å². The number of hydrogen-bond acceptors (Lipinski definition) is 9. The van der Waals surface area contributed by atoms with Crippen molar-refractivity contribution in [2.45, 2.75) is 0 Å². The summed E-state index contributed by atoms with van der Waals surface area (Å²) in [5.74, 6) is 1.64. The first-order chi connectivity index (χ1) is 15.5. The van der Waals surface area contributed by atoms with Gasteiger partial charge in [-0.1, -0.05) is 17.3 Å². The lowest BCUT2D eigenvalue weighted by Crippen LogP contribution is -2.29. The Labute approximate surface area is 186 Å². The van der Waals surface area contributed by atoms with Gasteiger partial charge in [0.1, 0.15) is 11.3 Å². The molecule has 4 aromatic rings. The number of nitrogens with zero attached hydrogens (tertiary/aromatic N) is 7. The molecule has 166 valence electrons. The second kappa shape index (κ2) is 9.06. The van der Waals surface area contributed by atoms with Crippen LogP contribution in [0, 0.1) is 0 Å². The number of para-hydroxylation sites is 1. The molecule has 4 rings (SSSR count). The number of rotatable bonds is 8. The normalized spacial score (nSPS) is 11.2. The highest BCUT2D eigenvalue weighted by atomic mass is 16.5. The van der Waals surface area contributed by atoms with Gasteiger partial charge in [-0.2, -0.15) is 9.67 Å². The molecule has 10 heteroatoms. The van der Waals surface area contributed by atoms with Crippen molar-refractivity contribution >= 4 is 34.0 Å². The third kappa shape index (κ3) is 4.40. The first kappa shape index (κ1) is 21.3. The number of likely N-dealkylation sites (N-methyl/N-ethyl adjacent to an activating group) is 2. The number of hydrogen-bond donors (Lipinski definition) is 2. The number of nitrogens with one attached hydrogen (secondary N) is 1. The number of benzene rings is 2. The molecule has 0 aliphatic heterocycles. The maximum absolute atomic E-state index is 6.36. The summed E-state index contributed by atoms with van der Waals surface area (Å²) in [4.78, 5) is 13.2.